The molecule has 2 N–H and O–H groups in total. The molecule has 0 heterocycles. The molecular weight excluding hydrogens is 514 g/mol. The molecule has 112 valence electrons. The first kappa shape index (κ1) is 65.0. The summed E-state index contributed by atoms with van der Waals surface area (Å²) in [6, 6.07) is 0. The molecule has 0 aliphatic carbocycles. The van der Waals surface area contributed by atoms with E-state index in [1.165, 1.54) is 13.8 Å². The van der Waals surface area contributed by atoms with E-state index >= 15 is 0 Å². The first-order valence-electron chi connectivity index (χ1n) is 3.70. The van der Waals surface area contributed by atoms with Crippen LogP contribution in [-0.2, 0) is 135 Å². The second-order valence-electron chi connectivity index (χ2n) is 1.18. The van der Waals surface area contributed by atoms with Crippen molar-refractivity contribution in [3.8, 4) is 0 Å². The van der Waals surface area contributed by atoms with E-state index in [9.17, 15) is 0 Å². The van der Waals surface area contributed by atoms with Gasteiger partial charge in [0.25, 0.3) is 0 Å². The molecule has 0 aromatic heterocycles. The van der Waals surface area contributed by atoms with Crippen molar-refractivity contribution in [1.29, 1.82) is 0 Å². The smallest absolute Gasteiger partial charge is 0 e. The summed E-state index contributed by atoms with van der Waals surface area (Å²) in [5.74, 6) is -1.17. The average Bonchev–Trinajstić information content (AvgIpc) is 2.09. The third-order valence-corrected chi connectivity index (χ3v) is 0. The Labute approximate surface area is 215 Å². The van der Waals surface area contributed by atoms with E-state index in [2.05, 4.69) is 13.8 Å². The molecule has 0 saturated carbocycles. The van der Waals surface area contributed by atoms with Crippen molar-refractivity contribution in [1.82, 2.24) is 0 Å². The monoisotopic (exact) mass is 532 g/mol. The van der Waals surface area contributed by atoms with Crippen LogP contribution in [0.25, 0.3) is 11.5 Å². The predicted octanol–water partition coefficient (Wildman–Crippen LogP) is 4.21. The van der Waals surface area contributed by atoms with Gasteiger partial charge in [-0.05, 0) is 13.8 Å². The Hall–Kier alpha value is 3.81. The number of carbonyl (C=O) groups is 2. The van der Waals surface area contributed by atoms with Gasteiger partial charge in [0, 0.05) is 98.7 Å². The number of rotatable bonds is 0. The second kappa shape index (κ2) is 92.9. The zero-order chi connectivity index (χ0) is 13.9. The molecule has 2 amide bonds. The van der Waals surface area contributed by atoms with Crippen LogP contribution in [0.15, 0.2) is 0 Å². The Kier molecular flexibility index (Phi) is 302. The zero-order valence-corrected chi connectivity index (χ0v) is 22.9. The van der Waals surface area contributed by atoms with Gasteiger partial charge in [-0.15, -0.1) is 0 Å². The Morgan fingerprint density at radius 1 is 0.800 bits per heavy atom. The first-order chi connectivity index (χ1) is 6.88. The van der Waals surface area contributed by atoms with E-state index < -0.39 is 28.8 Å². The van der Waals surface area contributed by atoms with E-state index in [-0.39, 0.29) is 109 Å². The first-order valence-corrected chi connectivity index (χ1v) is 8.00. The van der Waals surface area contributed by atoms with Crippen molar-refractivity contribution < 1.29 is 135 Å². The van der Waals surface area contributed by atoms with Crippen LogP contribution in [0.4, 0.5) is 0 Å². The summed E-state index contributed by atoms with van der Waals surface area (Å²) < 4.78 is 0. The fourth-order valence-corrected chi connectivity index (χ4v) is 0. The molecule has 0 radical (unpaired) electrons. The Morgan fingerprint density at radius 2 is 0.800 bits per heavy atom. The molecule has 0 bridgehead atoms. The van der Waals surface area contributed by atoms with Crippen LogP contribution in [0.2, 0.25) is 0 Å². The van der Waals surface area contributed by atoms with Crippen molar-refractivity contribution in [2.24, 2.45) is 0 Å². The van der Waals surface area contributed by atoms with Crippen LogP contribution >= 0.6 is 18.6 Å². The summed E-state index contributed by atoms with van der Waals surface area (Å²) in [5.41, 5.74) is 11.9. The van der Waals surface area contributed by atoms with Crippen molar-refractivity contribution in [3.63, 3.8) is 0 Å². The molecule has 0 fully saturated rings. The van der Waals surface area contributed by atoms with Crippen LogP contribution in [0, 0.1) is 13.8 Å². The van der Waals surface area contributed by atoms with Gasteiger partial charge >= 0.3 is 57.4 Å². The van der Waals surface area contributed by atoms with Gasteiger partial charge in [0.05, 0.1) is 0 Å². The van der Waals surface area contributed by atoms with E-state index in [0.717, 1.165) is 0 Å². The number of hydrogen-bond donors (Lipinski definition) is 0. The maximum atomic E-state index is 9.11. The SMILES string of the molecule is CC([NH-])=O.CC([NH-])=O.[CH2-]C.[CH2-]C.[Cl][Ti][Cl].[Ti+2].[Ti].[Ti].[Ti].[Ti]. The summed E-state index contributed by atoms with van der Waals surface area (Å²) in [7, 11) is 9.78. The minimum absolute atomic E-state index is 0. The van der Waals surface area contributed by atoms with E-state index in [4.69, 9.17) is 39.7 Å². The third kappa shape index (κ3) is 652. The normalized spacial score (nSPS) is 3.80. The molecule has 0 aromatic carbocycles. The molecule has 0 aliphatic heterocycles. The van der Waals surface area contributed by atoms with E-state index in [1.54, 1.807) is 13.8 Å². The Balaban J connectivity index is -0.00000000755. The zero-order valence-electron chi connectivity index (χ0n) is 12.0. The Morgan fingerprint density at radius 3 is 0.800 bits per heavy atom. The van der Waals surface area contributed by atoms with Gasteiger partial charge in [-0.1, -0.05) is 0 Å². The number of nitrogens with one attached hydrogen (secondary N) is 2. The number of amides is 2. The molecule has 0 spiro atoms. The molecule has 0 aromatic rings. The molecule has 0 rings (SSSR count). The van der Waals surface area contributed by atoms with E-state index in [1.807, 2.05) is 0 Å². The van der Waals surface area contributed by atoms with Crippen LogP contribution in [0.1, 0.15) is 27.7 Å². The van der Waals surface area contributed by atoms with Crippen molar-refractivity contribution in [3.05, 3.63) is 25.3 Å². The maximum Gasteiger partial charge on any atom is 2.00 e. The predicted molar refractivity (Wildman–Crippen MR) is 63.8 cm³/mol. The summed E-state index contributed by atoms with van der Waals surface area (Å²) >= 11 is -0.556. The van der Waals surface area contributed by atoms with Gasteiger partial charge < -0.3 is 34.9 Å². The minimum Gasteiger partial charge on any atom is 0 e. The molecule has 0 saturated heterocycles. The number of halogens is 2. The van der Waals surface area contributed by atoms with Gasteiger partial charge in [-0.3, -0.25) is 0 Å². The largest absolute Gasteiger partial charge is 2.00 e. The quantitative estimate of drug-likeness (QED) is 0.346. The molecule has 12 heteroatoms. The summed E-state index contributed by atoms with van der Waals surface area (Å²) in [4.78, 5) is 18.2. The second-order valence-corrected chi connectivity index (χ2v) is 3.76. The van der Waals surface area contributed by atoms with Gasteiger partial charge in [0.1, 0.15) is 0 Å². The van der Waals surface area contributed by atoms with Crippen LogP contribution in [-0.4, -0.2) is 11.8 Å². The third-order valence-electron chi connectivity index (χ3n) is 0. The number of hydrogen-bond acceptors (Lipinski definition) is 2. The summed E-state index contributed by atoms with van der Waals surface area (Å²) in [5, 5.41) is 0. The molecule has 0 atom stereocenters. The summed E-state index contributed by atoms with van der Waals surface area (Å²) in [6.07, 6.45) is 0. The number of carbonyl (C=O) groups excluding carboxylic acids is 2. The molecule has 0 aliphatic rings. The summed E-state index contributed by atoms with van der Waals surface area (Å²) in [6.45, 7) is 12.4. The standard InChI is InChI=1S/2C2H5NO.2C2H5.2ClH.6Ti/c2*1-2(3)4;2*1-2;;;;;;;;/h2*1H3,(H2,3,4);2*1H2,2H3;2*1H;;;;;;/q;;2*-1;;;;;;;2*+2/p-4. The van der Waals surface area contributed by atoms with Crippen LogP contribution in [0.3, 0.4) is 0 Å². The van der Waals surface area contributed by atoms with Crippen molar-refractivity contribution >= 4 is 30.4 Å². The van der Waals surface area contributed by atoms with Crippen LogP contribution in [0.5, 0.6) is 0 Å². The van der Waals surface area contributed by atoms with Crippen molar-refractivity contribution in [2.45, 2.75) is 27.7 Å². The van der Waals surface area contributed by atoms with Gasteiger partial charge in [-0.25, -0.2) is 0 Å². The fraction of sp³-hybridized carbons (Fsp3) is 0.500. The maximum absolute atomic E-state index is 9.11. The molecule has 4 nitrogen and oxygen atoms in total. The van der Waals surface area contributed by atoms with Crippen molar-refractivity contribution in [2.75, 3.05) is 0 Å². The minimum atomic E-state index is -0.583. The molecule has 20 heavy (non-hydrogen) atoms. The molecular formula is C8H18Cl2N2O2Ti6-2. The Bertz CT molecular complexity index is 109. The van der Waals surface area contributed by atoms with Crippen LogP contribution < -0.4 is 0 Å². The topological polar surface area (TPSA) is 81.7 Å². The average molecular weight is 532 g/mol. The van der Waals surface area contributed by atoms with Gasteiger partial charge in [0.15, 0.2) is 0 Å². The molecule has 0 unspecified atom stereocenters. The van der Waals surface area contributed by atoms with Gasteiger partial charge in [-0.2, -0.15) is 13.8 Å². The fourth-order valence-electron chi connectivity index (χ4n) is 0. The van der Waals surface area contributed by atoms with E-state index in [0.29, 0.717) is 0 Å². The van der Waals surface area contributed by atoms with Gasteiger partial charge in [0.2, 0.25) is 0 Å².